The molecule has 3 rings (SSSR count). The molecule has 0 fully saturated rings. The number of ether oxygens (including phenoxy) is 4. The van der Waals surface area contributed by atoms with E-state index in [4.69, 9.17) is 30.4 Å². The smallest absolute Gasteiger partial charge is 0.419 e. The van der Waals surface area contributed by atoms with Crippen molar-refractivity contribution in [3.63, 3.8) is 0 Å². The summed E-state index contributed by atoms with van der Waals surface area (Å²) in [6, 6.07) is 12.2. The molecule has 0 saturated carbocycles. The van der Waals surface area contributed by atoms with E-state index >= 15 is 0 Å². The van der Waals surface area contributed by atoms with Gasteiger partial charge in [0.25, 0.3) is 0 Å². The molecule has 0 aliphatic rings. The van der Waals surface area contributed by atoms with Gasteiger partial charge in [-0.15, -0.1) is 0 Å². The highest BCUT2D eigenvalue weighted by atomic mass is 19.4. The lowest BCUT2D eigenvalue weighted by Crippen LogP contribution is -2.07. The van der Waals surface area contributed by atoms with Crippen LogP contribution in [0.3, 0.4) is 0 Å². The molecule has 0 atom stereocenters. The molecule has 0 amide bonds. The summed E-state index contributed by atoms with van der Waals surface area (Å²) in [5.74, 6) is 0.825. The largest absolute Gasteiger partial charge is 0.497 e. The minimum atomic E-state index is -4.64. The van der Waals surface area contributed by atoms with E-state index in [9.17, 15) is 13.2 Å². The number of halogens is 3. The van der Waals surface area contributed by atoms with Gasteiger partial charge in [-0.1, -0.05) is 0 Å². The van der Waals surface area contributed by atoms with Gasteiger partial charge >= 0.3 is 6.18 Å². The van der Waals surface area contributed by atoms with Crippen LogP contribution in [0.15, 0.2) is 54.6 Å². The van der Waals surface area contributed by atoms with Gasteiger partial charge in [-0.3, -0.25) is 0 Å². The highest BCUT2D eigenvalue weighted by Gasteiger charge is 2.35. The first kappa shape index (κ1) is 21.0. The van der Waals surface area contributed by atoms with Crippen LogP contribution in [-0.4, -0.2) is 14.2 Å². The molecule has 30 heavy (non-hydrogen) atoms. The first-order valence-corrected chi connectivity index (χ1v) is 8.64. The fourth-order valence-corrected chi connectivity index (χ4v) is 2.69. The quantitative estimate of drug-likeness (QED) is 0.514. The Morgan fingerprint density at radius 1 is 0.633 bits per heavy atom. The summed E-state index contributed by atoms with van der Waals surface area (Å²) in [4.78, 5) is 0. The second-order valence-electron chi connectivity index (χ2n) is 6.24. The Kier molecular flexibility index (Phi) is 5.81. The third-order valence-corrected chi connectivity index (χ3v) is 4.00. The van der Waals surface area contributed by atoms with Gasteiger partial charge in [0.2, 0.25) is 0 Å². The molecule has 9 heteroatoms. The molecule has 0 bridgehead atoms. The van der Waals surface area contributed by atoms with Crippen molar-refractivity contribution in [3.8, 4) is 34.5 Å². The molecule has 0 radical (unpaired) electrons. The Bertz CT molecular complexity index is 1050. The lowest BCUT2D eigenvalue weighted by atomic mass is 10.1. The molecule has 3 aromatic rings. The van der Waals surface area contributed by atoms with E-state index in [2.05, 4.69) is 0 Å². The maximum Gasteiger partial charge on any atom is 0.419 e. The van der Waals surface area contributed by atoms with Gasteiger partial charge in [-0.05, 0) is 12.1 Å². The lowest BCUT2D eigenvalue weighted by molar-refractivity contribution is -0.138. The van der Waals surface area contributed by atoms with Gasteiger partial charge in [0.05, 0.1) is 19.8 Å². The molecular formula is C21H19F3N2O4. The molecule has 0 unspecified atom stereocenters. The van der Waals surface area contributed by atoms with E-state index in [1.807, 2.05) is 0 Å². The van der Waals surface area contributed by atoms with E-state index < -0.39 is 17.5 Å². The summed E-state index contributed by atoms with van der Waals surface area (Å²) in [6.45, 7) is 0. The Morgan fingerprint density at radius 2 is 1.13 bits per heavy atom. The predicted octanol–water partition coefficient (Wildman–Crippen LogP) is 5.47. The average Bonchev–Trinajstić information content (AvgIpc) is 2.66. The number of hydrogen-bond acceptors (Lipinski definition) is 6. The lowest BCUT2D eigenvalue weighted by Gasteiger charge is -2.16. The van der Waals surface area contributed by atoms with Crippen LogP contribution in [0, 0.1) is 0 Å². The fraction of sp³-hybridized carbons (Fsp3) is 0.143. The Morgan fingerprint density at radius 3 is 1.63 bits per heavy atom. The highest BCUT2D eigenvalue weighted by molar-refractivity contribution is 5.54. The minimum Gasteiger partial charge on any atom is -0.497 e. The molecule has 0 spiro atoms. The SMILES string of the molecule is COc1cc(N)cc(Oc2ccc(C(F)(F)F)c(Oc3cc(N)cc(OC)c3)c2)c1. The molecular weight excluding hydrogens is 401 g/mol. The third kappa shape index (κ3) is 4.99. The van der Waals surface area contributed by atoms with Gasteiger partial charge in [0.1, 0.15) is 34.5 Å². The van der Waals surface area contributed by atoms with Crippen LogP contribution in [0.1, 0.15) is 5.56 Å². The normalized spacial score (nSPS) is 11.1. The van der Waals surface area contributed by atoms with Crippen molar-refractivity contribution in [2.45, 2.75) is 6.18 Å². The standard InChI is InChI=1S/C21H19F3N2O4/c1-27-15-5-12(25)7-17(9-15)29-14-3-4-19(21(22,23)24)20(11-14)30-18-8-13(26)6-16(10-18)28-2/h3-11H,25-26H2,1-2H3. The molecule has 0 aliphatic carbocycles. The highest BCUT2D eigenvalue weighted by Crippen LogP contribution is 2.42. The Hall–Kier alpha value is -3.75. The fourth-order valence-electron chi connectivity index (χ4n) is 2.69. The monoisotopic (exact) mass is 420 g/mol. The number of alkyl halides is 3. The number of methoxy groups -OCH3 is 2. The van der Waals surface area contributed by atoms with Crippen molar-refractivity contribution >= 4 is 11.4 Å². The summed E-state index contributed by atoms with van der Waals surface area (Å²) in [5, 5.41) is 0. The van der Waals surface area contributed by atoms with Crippen molar-refractivity contribution in [1.29, 1.82) is 0 Å². The zero-order chi connectivity index (χ0) is 21.9. The van der Waals surface area contributed by atoms with E-state index in [1.54, 1.807) is 12.1 Å². The Labute approximate surface area is 170 Å². The summed E-state index contributed by atoms with van der Waals surface area (Å²) in [5.41, 5.74) is 11.2. The van der Waals surface area contributed by atoms with E-state index in [0.29, 0.717) is 22.9 Å². The molecule has 3 aromatic carbocycles. The van der Waals surface area contributed by atoms with E-state index in [-0.39, 0.29) is 17.2 Å². The summed E-state index contributed by atoms with van der Waals surface area (Å²) < 4.78 is 61.8. The zero-order valence-corrected chi connectivity index (χ0v) is 16.1. The van der Waals surface area contributed by atoms with Crippen LogP contribution in [0.2, 0.25) is 0 Å². The molecule has 0 aliphatic heterocycles. The zero-order valence-electron chi connectivity index (χ0n) is 16.1. The van der Waals surface area contributed by atoms with Crippen molar-refractivity contribution in [2.24, 2.45) is 0 Å². The van der Waals surface area contributed by atoms with Crippen LogP contribution in [0.4, 0.5) is 24.5 Å². The number of nitrogens with two attached hydrogens (primary N) is 2. The van der Waals surface area contributed by atoms with Crippen LogP contribution in [0.25, 0.3) is 0 Å². The van der Waals surface area contributed by atoms with E-state index in [1.165, 1.54) is 44.6 Å². The van der Waals surface area contributed by atoms with Gasteiger partial charge in [0.15, 0.2) is 0 Å². The first-order chi connectivity index (χ1) is 14.2. The van der Waals surface area contributed by atoms with Crippen molar-refractivity contribution in [2.75, 3.05) is 25.7 Å². The minimum absolute atomic E-state index is 0.0834. The predicted molar refractivity (Wildman–Crippen MR) is 106 cm³/mol. The van der Waals surface area contributed by atoms with Crippen molar-refractivity contribution < 1.29 is 32.1 Å². The van der Waals surface area contributed by atoms with Gasteiger partial charge in [0, 0.05) is 53.8 Å². The average molecular weight is 420 g/mol. The number of anilines is 2. The van der Waals surface area contributed by atoms with Crippen LogP contribution < -0.4 is 30.4 Å². The third-order valence-electron chi connectivity index (χ3n) is 4.00. The second-order valence-corrected chi connectivity index (χ2v) is 6.24. The topological polar surface area (TPSA) is 89.0 Å². The van der Waals surface area contributed by atoms with Gasteiger partial charge < -0.3 is 30.4 Å². The number of benzene rings is 3. The Balaban J connectivity index is 1.98. The summed E-state index contributed by atoms with van der Waals surface area (Å²) in [7, 11) is 2.87. The number of hydrogen-bond donors (Lipinski definition) is 2. The number of nitrogen functional groups attached to an aromatic ring is 2. The molecule has 6 nitrogen and oxygen atoms in total. The van der Waals surface area contributed by atoms with Crippen molar-refractivity contribution in [3.05, 3.63) is 60.2 Å². The van der Waals surface area contributed by atoms with Crippen molar-refractivity contribution in [1.82, 2.24) is 0 Å². The maximum atomic E-state index is 13.5. The van der Waals surface area contributed by atoms with Crippen LogP contribution >= 0.6 is 0 Å². The molecule has 158 valence electrons. The summed E-state index contributed by atoms with van der Waals surface area (Å²) >= 11 is 0. The second kappa shape index (κ2) is 8.32. The molecule has 4 N–H and O–H groups in total. The summed E-state index contributed by atoms with van der Waals surface area (Å²) in [6.07, 6.45) is -4.64. The van der Waals surface area contributed by atoms with Gasteiger partial charge in [-0.25, -0.2) is 0 Å². The molecule has 0 heterocycles. The van der Waals surface area contributed by atoms with Crippen LogP contribution in [-0.2, 0) is 6.18 Å². The van der Waals surface area contributed by atoms with E-state index in [0.717, 1.165) is 12.1 Å². The van der Waals surface area contributed by atoms with Crippen LogP contribution in [0.5, 0.6) is 34.5 Å². The molecule has 0 aromatic heterocycles. The maximum absolute atomic E-state index is 13.5. The van der Waals surface area contributed by atoms with Gasteiger partial charge in [-0.2, -0.15) is 13.2 Å². The number of rotatable bonds is 6. The molecule has 0 saturated heterocycles. The first-order valence-electron chi connectivity index (χ1n) is 8.64.